The Kier molecular flexibility index (Phi) is 6.09. The average Bonchev–Trinajstić information content (AvgIpc) is 2.57. The maximum atomic E-state index is 13.1. The molecule has 26 heavy (non-hydrogen) atoms. The van der Waals surface area contributed by atoms with Crippen molar-refractivity contribution in [1.29, 1.82) is 0 Å². The predicted octanol–water partition coefficient (Wildman–Crippen LogP) is 3.28. The number of hydrogen-bond donors (Lipinski definition) is 1. The quantitative estimate of drug-likeness (QED) is 0.807. The summed E-state index contributed by atoms with van der Waals surface area (Å²) < 4.78 is 42.8. The van der Waals surface area contributed by atoms with Crippen molar-refractivity contribution in [1.82, 2.24) is 0 Å². The normalized spacial score (nSPS) is 12.3. The first-order chi connectivity index (χ1) is 12.1. The van der Waals surface area contributed by atoms with Crippen molar-refractivity contribution >= 4 is 38.9 Å². The van der Waals surface area contributed by atoms with Gasteiger partial charge in [0, 0.05) is 12.7 Å². The van der Waals surface area contributed by atoms with E-state index in [1.807, 2.05) is 0 Å². The number of amides is 1. The minimum Gasteiger partial charge on any atom is -0.481 e. The molecular weight excluding hydrogens is 383 g/mol. The van der Waals surface area contributed by atoms with Crippen LogP contribution in [0, 0.1) is 5.82 Å². The van der Waals surface area contributed by atoms with Crippen LogP contribution >= 0.6 is 11.6 Å². The van der Waals surface area contributed by atoms with Crippen LogP contribution in [0.1, 0.15) is 6.92 Å². The van der Waals surface area contributed by atoms with Crippen molar-refractivity contribution < 1.29 is 22.3 Å². The Labute approximate surface area is 156 Å². The molecule has 0 saturated carbocycles. The third kappa shape index (κ3) is 5.09. The van der Waals surface area contributed by atoms with Gasteiger partial charge in [-0.3, -0.25) is 9.10 Å². The summed E-state index contributed by atoms with van der Waals surface area (Å²) >= 11 is 5.67. The summed E-state index contributed by atoms with van der Waals surface area (Å²) in [6.45, 7) is 1.55. The Balaban J connectivity index is 2.01. The third-order valence-electron chi connectivity index (χ3n) is 3.57. The van der Waals surface area contributed by atoms with Crippen molar-refractivity contribution in [2.24, 2.45) is 0 Å². The molecule has 2 rings (SSSR count). The van der Waals surface area contributed by atoms with Gasteiger partial charge in [0.15, 0.2) is 6.10 Å². The minimum atomic E-state index is -3.36. The molecular formula is C17H18ClFN2O4S. The zero-order chi connectivity index (χ0) is 19.5. The number of rotatable bonds is 6. The number of ether oxygens (including phenoxy) is 1. The van der Waals surface area contributed by atoms with Gasteiger partial charge in [0.1, 0.15) is 11.6 Å². The molecule has 0 aromatic heterocycles. The molecule has 0 unspecified atom stereocenters. The van der Waals surface area contributed by atoms with Crippen LogP contribution in [0.15, 0.2) is 42.5 Å². The van der Waals surface area contributed by atoms with E-state index in [2.05, 4.69) is 5.32 Å². The maximum Gasteiger partial charge on any atom is 0.265 e. The first-order valence-corrected chi connectivity index (χ1v) is 9.77. The number of nitrogens with one attached hydrogen (secondary N) is 1. The van der Waals surface area contributed by atoms with E-state index in [1.165, 1.54) is 19.2 Å². The molecule has 0 spiro atoms. The van der Waals surface area contributed by atoms with E-state index in [0.717, 1.165) is 16.6 Å². The molecule has 1 N–H and O–H groups in total. The van der Waals surface area contributed by atoms with Gasteiger partial charge in [-0.2, -0.15) is 0 Å². The number of carbonyl (C=O) groups is 1. The molecule has 2 aromatic rings. The monoisotopic (exact) mass is 400 g/mol. The van der Waals surface area contributed by atoms with Crippen LogP contribution in [-0.4, -0.2) is 33.7 Å². The second-order valence-electron chi connectivity index (χ2n) is 5.60. The SMILES string of the molecule is C[C@@H](Oc1ccc(N(C)S(C)(=O)=O)cc1)C(=O)Nc1ccc(F)c(Cl)c1. The van der Waals surface area contributed by atoms with Crippen molar-refractivity contribution in [3.8, 4) is 5.75 Å². The van der Waals surface area contributed by atoms with Crippen LogP contribution in [0.3, 0.4) is 0 Å². The van der Waals surface area contributed by atoms with E-state index < -0.39 is 27.9 Å². The topological polar surface area (TPSA) is 75.7 Å². The van der Waals surface area contributed by atoms with Gasteiger partial charge in [-0.15, -0.1) is 0 Å². The lowest BCUT2D eigenvalue weighted by molar-refractivity contribution is -0.122. The molecule has 9 heteroatoms. The van der Waals surface area contributed by atoms with E-state index in [0.29, 0.717) is 17.1 Å². The standard InChI is InChI=1S/C17H18ClFN2O4S/c1-11(17(22)20-12-4-9-16(19)15(18)10-12)25-14-7-5-13(6-8-14)21(2)26(3,23)24/h4-11H,1-3H3,(H,20,22)/t11-/m1/s1. The molecule has 0 fully saturated rings. The lowest BCUT2D eigenvalue weighted by atomic mass is 10.2. The van der Waals surface area contributed by atoms with Crippen molar-refractivity contribution in [3.63, 3.8) is 0 Å². The highest BCUT2D eigenvalue weighted by molar-refractivity contribution is 7.92. The van der Waals surface area contributed by atoms with E-state index >= 15 is 0 Å². The number of carbonyl (C=O) groups excluding carboxylic acids is 1. The summed E-state index contributed by atoms with van der Waals surface area (Å²) in [6, 6.07) is 10.1. The maximum absolute atomic E-state index is 13.1. The Bertz CT molecular complexity index is 903. The van der Waals surface area contributed by atoms with Gasteiger partial charge < -0.3 is 10.1 Å². The molecule has 0 aliphatic rings. The zero-order valence-corrected chi connectivity index (χ0v) is 15.9. The predicted molar refractivity (Wildman–Crippen MR) is 99.8 cm³/mol. The highest BCUT2D eigenvalue weighted by Gasteiger charge is 2.16. The smallest absolute Gasteiger partial charge is 0.265 e. The molecule has 2 aromatic carbocycles. The summed E-state index contributed by atoms with van der Waals surface area (Å²) in [6.07, 6.45) is 0.267. The van der Waals surface area contributed by atoms with Gasteiger partial charge in [0.25, 0.3) is 5.91 Å². The van der Waals surface area contributed by atoms with Gasteiger partial charge in [-0.25, -0.2) is 12.8 Å². The molecule has 0 saturated heterocycles. The molecule has 1 amide bonds. The molecule has 0 bridgehead atoms. The van der Waals surface area contributed by atoms with Gasteiger partial charge in [0.2, 0.25) is 10.0 Å². The number of nitrogens with zero attached hydrogens (tertiary/aromatic N) is 1. The largest absolute Gasteiger partial charge is 0.481 e. The number of halogens is 2. The number of hydrogen-bond acceptors (Lipinski definition) is 4. The zero-order valence-electron chi connectivity index (χ0n) is 14.4. The van der Waals surface area contributed by atoms with Crippen LogP contribution in [0.5, 0.6) is 5.75 Å². The van der Waals surface area contributed by atoms with Crippen LogP contribution in [0.4, 0.5) is 15.8 Å². The summed E-state index contributed by atoms with van der Waals surface area (Å²) in [5.74, 6) is -0.617. The average molecular weight is 401 g/mol. The third-order valence-corrected chi connectivity index (χ3v) is 5.06. The molecule has 1 atom stereocenters. The van der Waals surface area contributed by atoms with Crippen molar-refractivity contribution in [2.75, 3.05) is 22.9 Å². The summed E-state index contributed by atoms with van der Waals surface area (Å²) in [7, 11) is -1.92. The van der Waals surface area contributed by atoms with Gasteiger partial charge in [-0.05, 0) is 49.4 Å². The van der Waals surface area contributed by atoms with E-state index in [1.54, 1.807) is 31.2 Å². The molecule has 6 nitrogen and oxygen atoms in total. The summed E-state index contributed by atoms with van der Waals surface area (Å²) in [4.78, 5) is 12.2. The van der Waals surface area contributed by atoms with Crippen LogP contribution in [0.2, 0.25) is 5.02 Å². The fraction of sp³-hybridized carbons (Fsp3) is 0.235. The molecule has 0 radical (unpaired) electrons. The Hall–Kier alpha value is -2.32. The van der Waals surface area contributed by atoms with E-state index in [-0.39, 0.29) is 5.02 Å². The van der Waals surface area contributed by atoms with E-state index in [9.17, 15) is 17.6 Å². The Morgan fingerprint density at radius 3 is 2.38 bits per heavy atom. The fourth-order valence-electron chi connectivity index (χ4n) is 2.00. The van der Waals surface area contributed by atoms with Crippen LogP contribution in [0.25, 0.3) is 0 Å². The number of anilines is 2. The lowest BCUT2D eigenvalue weighted by Gasteiger charge is -2.18. The second kappa shape index (κ2) is 7.92. The highest BCUT2D eigenvalue weighted by Crippen LogP contribution is 2.22. The Morgan fingerprint density at radius 1 is 1.23 bits per heavy atom. The second-order valence-corrected chi connectivity index (χ2v) is 8.02. The number of benzene rings is 2. The first kappa shape index (κ1) is 20.0. The molecule has 0 aliphatic carbocycles. The first-order valence-electron chi connectivity index (χ1n) is 7.54. The van der Waals surface area contributed by atoms with E-state index in [4.69, 9.17) is 16.3 Å². The lowest BCUT2D eigenvalue weighted by Crippen LogP contribution is -2.30. The summed E-state index contributed by atoms with van der Waals surface area (Å²) in [5, 5.41) is 2.48. The van der Waals surface area contributed by atoms with Crippen LogP contribution in [-0.2, 0) is 14.8 Å². The van der Waals surface area contributed by atoms with Crippen molar-refractivity contribution in [3.05, 3.63) is 53.3 Å². The van der Waals surface area contributed by atoms with Gasteiger partial charge in [0.05, 0.1) is 17.0 Å². The molecule has 0 heterocycles. The van der Waals surface area contributed by atoms with Crippen LogP contribution < -0.4 is 14.4 Å². The minimum absolute atomic E-state index is 0.0954. The van der Waals surface area contributed by atoms with Gasteiger partial charge in [-0.1, -0.05) is 11.6 Å². The Morgan fingerprint density at radius 2 is 1.85 bits per heavy atom. The van der Waals surface area contributed by atoms with Gasteiger partial charge >= 0.3 is 0 Å². The fourth-order valence-corrected chi connectivity index (χ4v) is 2.69. The van der Waals surface area contributed by atoms with Crippen molar-refractivity contribution in [2.45, 2.75) is 13.0 Å². The highest BCUT2D eigenvalue weighted by atomic mass is 35.5. The number of sulfonamides is 1. The summed E-state index contributed by atoms with van der Waals surface area (Å²) in [5.41, 5.74) is 0.819. The molecule has 140 valence electrons. The molecule has 0 aliphatic heterocycles.